The number of benzene rings is 9. The molecule has 128 heavy (non-hydrogen) atoms. The van der Waals surface area contributed by atoms with Crippen LogP contribution in [0.5, 0.6) is 0 Å². The van der Waals surface area contributed by atoms with Crippen molar-refractivity contribution in [2.24, 2.45) is 0 Å². The first-order chi connectivity index (χ1) is 61.3. The number of carboxylic acid groups (broad SMARTS) is 6. The molecular weight excluding hydrogens is 1650 g/mol. The molecule has 32 heteroatoms. The number of carbonyl (C=O) groups is 16. The molecule has 674 valence electrons. The Morgan fingerprint density at radius 2 is 0.375 bits per heavy atom. The van der Waals surface area contributed by atoms with Gasteiger partial charge in [-0.3, -0.25) is 52.7 Å². The summed E-state index contributed by atoms with van der Waals surface area (Å²) in [6.07, 6.45) is 16.9. The molecule has 9 aromatic rings. The smallest absolute Gasteiger partial charge is 0.335 e. The fourth-order valence-corrected chi connectivity index (χ4v) is 11.3. The topological polar surface area (TPSA) is 520 Å². The molecule has 0 heterocycles. The van der Waals surface area contributed by atoms with E-state index in [0.717, 1.165) is 96.3 Å². The standard InChI is InChI=1S/C30H30N4O8.C27H27N3O5.C20H22N2O4.C13H17NO3.C6H12O2/c1-2-3-4-5-24(35)31-21-12-6-18(7-13-21)26(36)32-22-14-8-19(9-15-22)27(37)33-23-16-10-20(11-17-23)28(38)34-25(29(39)40)30(41)42;1-2-3-4-5-24(31)28-21-12-6-18(7-13-21)25(32)29-22-14-8-19(9-15-22)26(33)30-23-16-10-20(11-17-23)27(34)35;1-2-3-4-5-18(23)21-16-10-6-14(7-11-16)19(24)22-17-12-8-15(9-13-17)20(25)26;1-2-3-4-5-12(15)14-11-8-6-10(7-9-11)13(16)17;1-2-3-4-5-6(7)8/h6-17,25H,2-5H2,1H3,(H,31,35)(H,32,36)(H,33,37)(H,34,38)(H,39,40)(H,41,42);6-17H,2-5H2,1H3,(H,28,31)(H,29,32)(H,30,33)(H,34,35);6-13H,2-5H2,1H3,(H,21,23)(H,22,24)(H,25,26);6-9H,2-5H2,1H3,(H,14,15)(H,16,17);2-5H2,1H3,(H,7,8)/p-2. The van der Waals surface area contributed by atoms with E-state index in [1.165, 1.54) is 97.1 Å². The molecule has 0 aliphatic heterocycles. The van der Waals surface area contributed by atoms with Gasteiger partial charge < -0.3 is 93.4 Å². The van der Waals surface area contributed by atoms with Gasteiger partial charge >= 0.3 is 23.9 Å². The fraction of sp³-hybridized carbons (Fsp3) is 0.271. The molecule has 0 saturated carbocycles. The molecule has 0 spiro atoms. The summed E-state index contributed by atoms with van der Waals surface area (Å²) in [6, 6.07) is 53.1. The van der Waals surface area contributed by atoms with E-state index in [2.05, 4.69) is 82.5 Å². The highest BCUT2D eigenvalue weighted by molar-refractivity contribution is 6.10. The summed E-state index contributed by atoms with van der Waals surface area (Å²) < 4.78 is 0. The molecule has 9 rings (SSSR count). The second kappa shape index (κ2) is 56.3. The van der Waals surface area contributed by atoms with E-state index in [4.69, 9.17) is 20.4 Å². The third-order valence-corrected chi connectivity index (χ3v) is 18.5. The summed E-state index contributed by atoms with van der Waals surface area (Å²) in [5.74, 6) is -10.8. The van der Waals surface area contributed by atoms with Crippen LogP contribution < -0.4 is 63.4 Å². The molecule has 0 atom stereocenters. The first-order valence-electron chi connectivity index (χ1n) is 41.6. The largest absolute Gasteiger partial charge is 0.547 e. The number of hydrogen-bond acceptors (Lipinski definition) is 18. The molecule has 9 aromatic carbocycles. The summed E-state index contributed by atoms with van der Waals surface area (Å²) >= 11 is 0. The van der Waals surface area contributed by atoms with Gasteiger partial charge in [0.1, 0.15) is 6.04 Å². The molecule has 0 bridgehead atoms. The molecule has 0 unspecified atom stereocenters. The molecule has 14 N–H and O–H groups in total. The van der Waals surface area contributed by atoms with Gasteiger partial charge in [0.15, 0.2) is 0 Å². The summed E-state index contributed by atoms with van der Waals surface area (Å²) in [7, 11) is 0. The van der Waals surface area contributed by atoms with Crippen LogP contribution in [0.3, 0.4) is 0 Å². The van der Waals surface area contributed by atoms with Crippen LogP contribution >= 0.6 is 0 Å². The molecule has 0 saturated heterocycles. The monoisotopic (exact) mass is 1750 g/mol. The van der Waals surface area contributed by atoms with Gasteiger partial charge in [-0.05, 0) is 250 Å². The number of aliphatic carboxylic acids is 3. The number of rotatable bonds is 41. The zero-order chi connectivity index (χ0) is 93.9. The van der Waals surface area contributed by atoms with Crippen LogP contribution in [-0.2, 0) is 33.6 Å². The molecule has 0 fully saturated rings. The Kier molecular flexibility index (Phi) is 45.3. The molecule has 10 amide bonds. The maximum absolute atomic E-state index is 12.6. The van der Waals surface area contributed by atoms with Gasteiger partial charge in [-0.2, -0.15) is 0 Å². The number of carbonyl (C=O) groups excluding carboxylic acids is 12. The van der Waals surface area contributed by atoms with Crippen LogP contribution in [0.4, 0.5) is 51.2 Å². The summed E-state index contributed by atoms with van der Waals surface area (Å²) in [5, 5.41) is 82.7. The van der Waals surface area contributed by atoms with Gasteiger partial charge in [-0.25, -0.2) is 14.4 Å². The Morgan fingerprint density at radius 3 is 0.531 bits per heavy atom. The van der Waals surface area contributed by atoms with Crippen LogP contribution in [0, 0.1) is 0 Å². The van der Waals surface area contributed by atoms with Gasteiger partial charge in [0.25, 0.3) is 35.4 Å². The number of nitrogens with one attached hydrogen (secondary N) is 10. The third-order valence-electron chi connectivity index (χ3n) is 18.5. The second-order valence-corrected chi connectivity index (χ2v) is 28.8. The maximum atomic E-state index is 12.6. The lowest BCUT2D eigenvalue weighted by Crippen LogP contribution is -2.57. The van der Waals surface area contributed by atoms with Crippen molar-refractivity contribution in [1.29, 1.82) is 0 Å². The van der Waals surface area contributed by atoms with Crippen molar-refractivity contribution in [3.8, 4) is 0 Å². The van der Waals surface area contributed by atoms with E-state index < -0.39 is 53.7 Å². The lowest BCUT2D eigenvalue weighted by atomic mass is 10.1. The minimum atomic E-state index is -2.32. The van der Waals surface area contributed by atoms with Crippen molar-refractivity contribution in [2.45, 2.75) is 169 Å². The lowest BCUT2D eigenvalue weighted by molar-refractivity contribution is -0.326. The predicted octanol–water partition coefficient (Wildman–Crippen LogP) is 15.4. The highest BCUT2D eigenvalue weighted by Crippen LogP contribution is 2.22. The summed E-state index contributed by atoms with van der Waals surface area (Å²) in [6.45, 7) is 10.4. The lowest BCUT2D eigenvalue weighted by Gasteiger charge is -2.20. The number of anilines is 9. The van der Waals surface area contributed by atoms with Gasteiger partial charge in [0, 0.05) is 117 Å². The summed E-state index contributed by atoms with van der Waals surface area (Å²) in [5.41, 5.74) is 7.13. The fourth-order valence-electron chi connectivity index (χ4n) is 11.3. The highest BCUT2D eigenvalue weighted by Gasteiger charge is 2.19. The number of carboxylic acids is 6. The Labute approximate surface area is 740 Å². The quantitative estimate of drug-likeness (QED) is 0.0125. The Balaban J connectivity index is 0.000000305. The number of amides is 10. The van der Waals surface area contributed by atoms with Crippen LogP contribution in [0.1, 0.15) is 256 Å². The second-order valence-electron chi connectivity index (χ2n) is 28.8. The molecule has 32 nitrogen and oxygen atoms in total. The van der Waals surface area contributed by atoms with E-state index in [0.29, 0.717) is 106 Å². The highest BCUT2D eigenvalue weighted by atomic mass is 16.4. The van der Waals surface area contributed by atoms with Crippen molar-refractivity contribution >= 4 is 146 Å². The van der Waals surface area contributed by atoms with Crippen molar-refractivity contribution in [3.63, 3.8) is 0 Å². The van der Waals surface area contributed by atoms with Crippen molar-refractivity contribution in [3.05, 3.63) is 268 Å². The van der Waals surface area contributed by atoms with Crippen LogP contribution in [0.15, 0.2) is 218 Å². The maximum Gasteiger partial charge on any atom is 0.335 e. The molecule has 0 aliphatic carbocycles. The minimum Gasteiger partial charge on any atom is -0.547 e. The number of hydrogen-bond donors (Lipinski definition) is 14. The first kappa shape index (κ1) is 103. The SMILES string of the molecule is CCCCCC(=O)Nc1ccc(C(=O)Nc2ccc(C(=O)Nc3ccc(C(=O)NC(C(=O)[O-])C(=O)[O-])cc3)cc2)cc1.CCCCCC(=O)Nc1ccc(C(=O)Nc2ccc(C(=O)Nc3ccc(C(=O)O)cc3)cc2)cc1.CCCCCC(=O)Nc1ccc(C(=O)Nc2ccc(C(=O)O)cc2)cc1.CCCCCC(=O)Nc1ccc(C(=O)O)cc1.CCCCCC(=O)O. The molecule has 0 radical (unpaired) electrons. The van der Waals surface area contributed by atoms with E-state index in [1.807, 2.05) is 0 Å². The average molecular weight is 1750 g/mol. The molecule has 0 aliphatic rings. The van der Waals surface area contributed by atoms with Gasteiger partial charge in [0.05, 0.1) is 28.6 Å². The zero-order valence-electron chi connectivity index (χ0n) is 71.6. The van der Waals surface area contributed by atoms with Crippen molar-refractivity contribution < 1.29 is 107 Å². The Bertz CT molecular complexity index is 5170. The zero-order valence-corrected chi connectivity index (χ0v) is 71.6. The first-order valence-corrected chi connectivity index (χ1v) is 41.6. The van der Waals surface area contributed by atoms with Gasteiger partial charge in [-0.1, -0.05) is 98.8 Å². The Morgan fingerprint density at radius 1 is 0.219 bits per heavy atom. The predicted molar refractivity (Wildman–Crippen MR) is 483 cm³/mol. The Hall–Kier alpha value is -15.5. The van der Waals surface area contributed by atoms with E-state index in [1.54, 1.807) is 127 Å². The molecule has 0 aromatic heterocycles. The van der Waals surface area contributed by atoms with Gasteiger partial charge in [-0.15, -0.1) is 0 Å². The van der Waals surface area contributed by atoms with E-state index in [9.17, 15) is 86.9 Å². The van der Waals surface area contributed by atoms with Crippen LogP contribution in [0.2, 0.25) is 0 Å². The third kappa shape index (κ3) is 39.3. The number of aromatic carboxylic acids is 3. The minimum absolute atomic E-state index is 0.0264. The van der Waals surface area contributed by atoms with Gasteiger partial charge in [0.2, 0.25) is 23.6 Å². The van der Waals surface area contributed by atoms with E-state index in [-0.39, 0.29) is 75.1 Å². The summed E-state index contributed by atoms with van der Waals surface area (Å²) in [4.78, 5) is 185. The van der Waals surface area contributed by atoms with Crippen LogP contribution in [-0.4, -0.2) is 121 Å². The van der Waals surface area contributed by atoms with Crippen molar-refractivity contribution in [1.82, 2.24) is 5.32 Å². The normalized spacial score (nSPS) is 10.2. The van der Waals surface area contributed by atoms with E-state index >= 15 is 0 Å². The van der Waals surface area contributed by atoms with Crippen molar-refractivity contribution in [2.75, 3.05) is 47.9 Å². The van der Waals surface area contributed by atoms with Crippen LogP contribution in [0.25, 0.3) is 0 Å². The average Bonchev–Trinajstić information content (AvgIpc) is 0.636. The number of unbranched alkanes of at least 4 members (excludes halogenated alkanes) is 10. The molecular formula is C96H106N10O22-2.